The van der Waals surface area contributed by atoms with Crippen LogP contribution in [-0.4, -0.2) is 19.6 Å². The highest BCUT2D eigenvalue weighted by atomic mass is 32.2. The number of carbonyl (C=O) groups is 1. The average molecular weight is 379 g/mol. The molecule has 1 N–H and O–H groups in total. The van der Waals surface area contributed by atoms with Crippen LogP contribution in [0.1, 0.15) is 21.9 Å². The maximum absolute atomic E-state index is 13.1. The van der Waals surface area contributed by atoms with Crippen LogP contribution in [0.15, 0.2) is 59.6 Å². The number of halogens is 3. The van der Waals surface area contributed by atoms with Crippen molar-refractivity contribution in [2.75, 3.05) is 13.8 Å². The number of alkyl halides is 3. The molecular formula is C19H16F3NO2S. The Morgan fingerprint density at radius 3 is 2.50 bits per heavy atom. The van der Waals surface area contributed by atoms with Gasteiger partial charge in [-0.05, 0) is 23.3 Å². The molecule has 1 unspecified atom stereocenters. The van der Waals surface area contributed by atoms with Crippen molar-refractivity contribution in [1.82, 2.24) is 5.32 Å². The van der Waals surface area contributed by atoms with Crippen molar-refractivity contribution in [1.29, 1.82) is 0 Å². The lowest BCUT2D eigenvalue weighted by atomic mass is 9.96. The second-order valence-electron chi connectivity index (χ2n) is 5.67. The van der Waals surface area contributed by atoms with Crippen molar-refractivity contribution in [2.45, 2.75) is 11.4 Å². The molecule has 0 bridgehead atoms. The Balaban J connectivity index is 2.02. The molecule has 1 aliphatic heterocycles. The first-order valence-electron chi connectivity index (χ1n) is 7.82. The van der Waals surface area contributed by atoms with E-state index in [1.54, 1.807) is 0 Å². The van der Waals surface area contributed by atoms with Gasteiger partial charge in [-0.2, -0.15) is 13.2 Å². The standard InChI is InChI=1S/C19H16F3NO2S/c1-25-11-23-18-15(13-8-5-9-14(10-13)19(20,21)22)16(24)17(26-18)12-6-3-2-4-7-12/h2-10,17,23H,11H2,1H3. The molecule has 0 fully saturated rings. The maximum Gasteiger partial charge on any atom is 0.416 e. The van der Waals surface area contributed by atoms with E-state index in [0.29, 0.717) is 5.03 Å². The van der Waals surface area contributed by atoms with Crippen LogP contribution in [-0.2, 0) is 15.7 Å². The van der Waals surface area contributed by atoms with E-state index < -0.39 is 17.0 Å². The van der Waals surface area contributed by atoms with Gasteiger partial charge in [0.05, 0.1) is 21.4 Å². The second-order valence-corrected chi connectivity index (χ2v) is 6.78. The van der Waals surface area contributed by atoms with E-state index in [9.17, 15) is 18.0 Å². The Hall–Kier alpha value is -2.25. The third-order valence-corrected chi connectivity index (χ3v) is 5.21. The highest BCUT2D eigenvalue weighted by Crippen LogP contribution is 2.47. The first-order chi connectivity index (χ1) is 12.4. The molecule has 26 heavy (non-hydrogen) atoms. The fourth-order valence-electron chi connectivity index (χ4n) is 2.71. The quantitative estimate of drug-likeness (QED) is 0.769. The molecule has 136 valence electrons. The fraction of sp³-hybridized carbons (Fsp3) is 0.211. The molecule has 3 nitrogen and oxygen atoms in total. The molecule has 2 aromatic carbocycles. The number of ketones is 1. The number of nitrogens with one attached hydrogen (secondary N) is 1. The molecule has 0 amide bonds. The number of thioether (sulfide) groups is 1. The second kappa shape index (κ2) is 7.55. The molecule has 0 aromatic heterocycles. The van der Waals surface area contributed by atoms with Crippen LogP contribution in [0.3, 0.4) is 0 Å². The molecule has 0 saturated heterocycles. The number of hydrogen-bond acceptors (Lipinski definition) is 4. The van der Waals surface area contributed by atoms with Crippen LogP contribution in [0, 0.1) is 0 Å². The van der Waals surface area contributed by atoms with Crippen molar-refractivity contribution in [3.05, 3.63) is 76.3 Å². The highest BCUT2D eigenvalue weighted by molar-refractivity contribution is 8.04. The number of rotatable bonds is 5. The van der Waals surface area contributed by atoms with Gasteiger partial charge < -0.3 is 10.1 Å². The van der Waals surface area contributed by atoms with Crippen molar-refractivity contribution in [3.8, 4) is 0 Å². The molecule has 7 heteroatoms. The van der Waals surface area contributed by atoms with Crippen LogP contribution in [0.5, 0.6) is 0 Å². The normalized spacial score (nSPS) is 17.7. The van der Waals surface area contributed by atoms with Crippen LogP contribution < -0.4 is 5.32 Å². The molecule has 3 rings (SSSR count). The van der Waals surface area contributed by atoms with Gasteiger partial charge in [-0.15, -0.1) is 0 Å². The van der Waals surface area contributed by atoms with Gasteiger partial charge in [0, 0.05) is 7.11 Å². The molecule has 1 heterocycles. The lowest BCUT2D eigenvalue weighted by Crippen LogP contribution is -2.15. The number of benzene rings is 2. The Labute approximate surface area is 153 Å². The number of methoxy groups -OCH3 is 1. The Kier molecular flexibility index (Phi) is 5.38. The smallest absolute Gasteiger partial charge is 0.365 e. The van der Waals surface area contributed by atoms with Crippen LogP contribution in [0.2, 0.25) is 0 Å². The largest absolute Gasteiger partial charge is 0.416 e. The zero-order chi connectivity index (χ0) is 18.7. The summed E-state index contributed by atoms with van der Waals surface area (Å²) in [6.45, 7) is 0.152. The number of Topliss-reactive ketones (excluding diaryl/α,β-unsaturated/α-hetero) is 1. The van der Waals surface area contributed by atoms with Gasteiger partial charge in [0.1, 0.15) is 6.73 Å². The molecule has 0 aliphatic carbocycles. The number of carbonyl (C=O) groups excluding carboxylic acids is 1. The van der Waals surface area contributed by atoms with Crippen molar-refractivity contribution < 1.29 is 22.7 Å². The number of hydrogen-bond donors (Lipinski definition) is 1. The molecule has 0 radical (unpaired) electrons. The molecule has 1 aliphatic rings. The predicted molar refractivity (Wildman–Crippen MR) is 95.2 cm³/mol. The van der Waals surface area contributed by atoms with Gasteiger partial charge in [-0.1, -0.05) is 54.2 Å². The minimum Gasteiger partial charge on any atom is -0.365 e. The number of ether oxygens (including phenoxy) is 1. The lowest BCUT2D eigenvalue weighted by Gasteiger charge is -2.11. The minimum atomic E-state index is -4.47. The first-order valence-corrected chi connectivity index (χ1v) is 8.70. The fourth-order valence-corrected chi connectivity index (χ4v) is 3.95. The third-order valence-electron chi connectivity index (χ3n) is 3.91. The summed E-state index contributed by atoms with van der Waals surface area (Å²) in [5.41, 5.74) is 0.525. The summed E-state index contributed by atoms with van der Waals surface area (Å²) >= 11 is 1.29. The first kappa shape index (κ1) is 18.5. The number of allylic oxidation sites excluding steroid dienone is 1. The van der Waals surface area contributed by atoms with E-state index in [4.69, 9.17) is 4.74 Å². The van der Waals surface area contributed by atoms with Crippen LogP contribution in [0.25, 0.3) is 5.57 Å². The molecule has 2 aromatic rings. The van der Waals surface area contributed by atoms with E-state index in [2.05, 4.69) is 5.32 Å². The average Bonchev–Trinajstić information content (AvgIpc) is 2.96. The summed E-state index contributed by atoms with van der Waals surface area (Å²) in [7, 11) is 1.49. The van der Waals surface area contributed by atoms with E-state index in [0.717, 1.165) is 17.7 Å². The summed E-state index contributed by atoms with van der Waals surface area (Å²) in [6.07, 6.45) is -4.47. The Bertz CT molecular complexity index is 834. The van der Waals surface area contributed by atoms with E-state index in [-0.39, 0.29) is 23.7 Å². The maximum atomic E-state index is 13.1. The van der Waals surface area contributed by atoms with Gasteiger partial charge >= 0.3 is 6.18 Å². The summed E-state index contributed by atoms with van der Waals surface area (Å²) in [5, 5.41) is 3.01. The third kappa shape index (κ3) is 3.78. The van der Waals surface area contributed by atoms with Gasteiger partial charge in [0.2, 0.25) is 0 Å². The summed E-state index contributed by atoms with van der Waals surface area (Å²) in [6, 6.07) is 14.0. The zero-order valence-corrected chi connectivity index (χ0v) is 14.7. The van der Waals surface area contributed by atoms with Crippen molar-refractivity contribution >= 4 is 23.1 Å². The monoisotopic (exact) mass is 379 g/mol. The Morgan fingerprint density at radius 1 is 1.12 bits per heavy atom. The summed E-state index contributed by atoms with van der Waals surface area (Å²) in [5.74, 6) is -0.223. The molecule has 0 saturated carbocycles. The summed E-state index contributed by atoms with van der Waals surface area (Å²) < 4.78 is 44.1. The Morgan fingerprint density at radius 2 is 1.85 bits per heavy atom. The van der Waals surface area contributed by atoms with E-state index in [1.165, 1.54) is 31.0 Å². The van der Waals surface area contributed by atoms with E-state index >= 15 is 0 Å². The highest BCUT2D eigenvalue weighted by Gasteiger charge is 2.37. The predicted octanol–water partition coefficient (Wildman–Crippen LogP) is 4.62. The van der Waals surface area contributed by atoms with Crippen molar-refractivity contribution in [3.63, 3.8) is 0 Å². The van der Waals surface area contributed by atoms with Gasteiger partial charge in [0.15, 0.2) is 5.78 Å². The van der Waals surface area contributed by atoms with Crippen LogP contribution >= 0.6 is 11.8 Å². The molecular weight excluding hydrogens is 363 g/mol. The lowest BCUT2D eigenvalue weighted by molar-refractivity contribution is -0.137. The van der Waals surface area contributed by atoms with Crippen molar-refractivity contribution in [2.24, 2.45) is 0 Å². The van der Waals surface area contributed by atoms with Gasteiger partial charge in [0.25, 0.3) is 0 Å². The minimum absolute atomic E-state index is 0.152. The summed E-state index contributed by atoms with van der Waals surface area (Å²) in [4.78, 5) is 13.0. The molecule has 0 spiro atoms. The topological polar surface area (TPSA) is 38.3 Å². The van der Waals surface area contributed by atoms with Gasteiger partial charge in [-0.3, -0.25) is 4.79 Å². The van der Waals surface area contributed by atoms with Crippen LogP contribution in [0.4, 0.5) is 13.2 Å². The zero-order valence-electron chi connectivity index (χ0n) is 13.8. The molecule has 1 atom stereocenters. The SMILES string of the molecule is COCNC1=C(c2cccc(C(F)(F)F)c2)C(=O)C(c2ccccc2)S1. The van der Waals surface area contributed by atoms with E-state index in [1.807, 2.05) is 30.3 Å². The van der Waals surface area contributed by atoms with Gasteiger partial charge in [-0.25, -0.2) is 0 Å².